The van der Waals surface area contributed by atoms with Gasteiger partial charge in [0.05, 0.1) is 13.2 Å². The van der Waals surface area contributed by atoms with Gasteiger partial charge in [-0.15, -0.1) is 0 Å². The minimum Gasteiger partial charge on any atom is -0.378 e. The van der Waals surface area contributed by atoms with Gasteiger partial charge < -0.3 is 9.64 Å². The van der Waals surface area contributed by atoms with Crippen molar-refractivity contribution in [1.82, 2.24) is 0 Å². The zero-order valence-electron chi connectivity index (χ0n) is 20.6. The molecule has 1 saturated heterocycles. The summed E-state index contributed by atoms with van der Waals surface area (Å²) in [6, 6.07) is 26.2. The van der Waals surface area contributed by atoms with Crippen LogP contribution in [0.5, 0.6) is 0 Å². The summed E-state index contributed by atoms with van der Waals surface area (Å²) in [5, 5.41) is 0. The fourth-order valence-corrected chi connectivity index (χ4v) is 5.20. The lowest BCUT2D eigenvalue weighted by molar-refractivity contribution is 0.122. The Bertz CT molecular complexity index is 917. The smallest absolute Gasteiger partial charge is 0.0642 e. The molecule has 0 unspecified atom stereocenters. The second-order valence-corrected chi connectivity index (χ2v) is 10.0. The highest BCUT2D eigenvalue weighted by Crippen LogP contribution is 2.26. The van der Waals surface area contributed by atoms with Crippen molar-refractivity contribution in [2.75, 3.05) is 31.2 Å². The van der Waals surface area contributed by atoms with Crippen molar-refractivity contribution >= 4 is 5.69 Å². The molecule has 174 valence electrons. The Morgan fingerprint density at radius 3 is 1.52 bits per heavy atom. The van der Waals surface area contributed by atoms with Gasteiger partial charge in [-0.1, -0.05) is 74.5 Å². The Hall–Kier alpha value is -2.58. The van der Waals surface area contributed by atoms with E-state index in [1.54, 1.807) is 22.3 Å². The van der Waals surface area contributed by atoms with Gasteiger partial charge in [0.2, 0.25) is 0 Å². The molecule has 2 heteroatoms. The van der Waals surface area contributed by atoms with E-state index in [9.17, 15) is 0 Å². The minimum atomic E-state index is 0.855. The molecule has 3 aromatic rings. The summed E-state index contributed by atoms with van der Waals surface area (Å²) in [4.78, 5) is 2.37. The van der Waals surface area contributed by atoms with Crippen molar-refractivity contribution in [3.8, 4) is 0 Å². The lowest BCUT2D eigenvalue weighted by atomic mass is 10.1. The standard InChI is InChI=1S/C11H15NO.2C10H12/c1-10-3-2-4-11(9-10)12-5-7-13-8-6-12;2*1-8-6-9-4-2-3-5-10(9)7-8/h2-4,9H,5-8H2,1H3;2*2-5,8H,6-7H2,1H3. The molecule has 3 aromatic carbocycles. The maximum Gasteiger partial charge on any atom is 0.0642 e. The maximum absolute atomic E-state index is 5.31. The Labute approximate surface area is 200 Å². The van der Waals surface area contributed by atoms with Crippen molar-refractivity contribution in [1.29, 1.82) is 0 Å². The van der Waals surface area contributed by atoms with Gasteiger partial charge in [-0.2, -0.15) is 0 Å². The first-order valence-corrected chi connectivity index (χ1v) is 12.6. The van der Waals surface area contributed by atoms with Crippen LogP contribution in [0.2, 0.25) is 0 Å². The van der Waals surface area contributed by atoms with Crippen LogP contribution in [0.3, 0.4) is 0 Å². The Morgan fingerprint density at radius 2 is 1.09 bits per heavy atom. The zero-order chi connectivity index (χ0) is 23.0. The summed E-state index contributed by atoms with van der Waals surface area (Å²) < 4.78 is 5.31. The molecule has 0 N–H and O–H groups in total. The number of fused-ring (bicyclic) bond motifs is 2. The summed E-state index contributed by atoms with van der Waals surface area (Å²) in [6.07, 6.45) is 5.15. The first-order chi connectivity index (χ1) is 16.1. The average molecular weight is 442 g/mol. The van der Waals surface area contributed by atoms with E-state index in [1.165, 1.54) is 36.9 Å². The molecule has 2 aliphatic carbocycles. The van der Waals surface area contributed by atoms with E-state index in [-0.39, 0.29) is 0 Å². The first-order valence-electron chi connectivity index (χ1n) is 12.6. The van der Waals surface area contributed by atoms with E-state index in [4.69, 9.17) is 4.74 Å². The number of benzene rings is 3. The molecule has 0 saturated carbocycles. The maximum atomic E-state index is 5.31. The number of anilines is 1. The van der Waals surface area contributed by atoms with Crippen LogP contribution in [0.1, 0.15) is 41.7 Å². The number of rotatable bonds is 1. The third-order valence-corrected chi connectivity index (χ3v) is 6.89. The molecular weight excluding hydrogens is 402 g/mol. The molecule has 0 spiro atoms. The molecular formula is C31H39NO. The van der Waals surface area contributed by atoms with Gasteiger partial charge in [-0.25, -0.2) is 0 Å². The highest BCUT2D eigenvalue weighted by Gasteiger charge is 2.16. The topological polar surface area (TPSA) is 12.5 Å². The Kier molecular flexibility index (Phi) is 8.23. The molecule has 0 aromatic heterocycles. The summed E-state index contributed by atoms with van der Waals surface area (Å²) in [5.41, 5.74) is 8.90. The second-order valence-electron chi connectivity index (χ2n) is 10.0. The molecule has 2 nitrogen and oxygen atoms in total. The van der Waals surface area contributed by atoms with Gasteiger partial charge in [0.25, 0.3) is 0 Å². The number of hydrogen-bond acceptors (Lipinski definition) is 2. The van der Waals surface area contributed by atoms with Gasteiger partial charge in [0, 0.05) is 18.8 Å². The van der Waals surface area contributed by atoms with E-state index in [0.29, 0.717) is 0 Å². The van der Waals surface area contributed by atoms with E-state index >= 15 is 0 Å². The summed E-state index contributed by atoms with van der Waals surface area (Å²) in [7, 11) is 0. The fourth-order valence-electron chi connectivity index (χ4n) is 5.20. The van der Waals surface area contributed by atoms with Crippen LogP contribution in [0.15, 0.2) is 72.8 Å². The van der Waals surface area contributed by atoms with E-state index in [0.717, 1.165) is 38.1 Å². The van der Waals surface area contributed by atoms with Crippen LogP contribution in [-0.2, 0) is 30.4 Å². The van der Waals surface area contributed by atoms with Crippen LogP contribution < -0.4 is 4.90 Å². The number of nitrogens with zero attached hydrogens (tertiary/aromatic N) is 1. The van der Waals surface area contributed by atoms with Gasteiger partial charge in [0.1, 0.15) is 0 Å². The zero-order valence-corrected chi connectivity index (χ0v) is 20.6. The van der Waals surface area contributed by atoms with E-state index in [2.05, 4.69) is 98.5 Å². The molecule has 0 atom stereocenters. The molecule has 0 amide bonds. The van der Waals surface area contributed by atoms with E-state index < -0.39 is 0 Å². The van der Waals surface area contributed by atoms with Crippen LogP contribution in [-0.4, -0.2) is 26.3 Å². The summed E-state index contributed by atoms with van der Waals surface area (Å²) >= 11 is 0. The predicted octanol–water partition coefficient (Wildman–Crippen LogP) is 6.67. The van der Waals surface area contributed by atoms with Crippen molar-refractivity contribution in [2.45, 2.75) is 46.5 Å². The average Bonchev–Trinajstić information content (AvgIpc) is 3.41. The van der Waals surface area contributed by atoms with Crippen molar-refractivity contribution in [2.24, 2.45) is 11.8 Å². The third-order valence-electron chi connectivity index (χ3n) is 6.89. The first kappa shape index (κ1) is 23.6. The molecule has 1 heterocycles. The van der Waals surface area contributed by atoms with Crippen molar-refractivity contribution < 1.29 is 4.74 Å². The SMILES string of the molecule is CC1Cc2ccccc2C1.CC1Cc2ccccc2C1.Cc1cccc(N2CCOCC2)c1. The van der Waals surface area contributed by atoms with Crippen molar-refractivity contribution in [3.63, 3.8) is 0 Å². The van der Waals surface area contributed by atoms with Crippen LogP contribution >= 0.6 is 0 Å². The van der Waals surface area contributed by atoms with Crippen LogP contribution in [0.25, 0.3) is 0 Å². The third kappa shape index (κ3) is 6.71. The van der Waals surface area contributed by atoms with Gasteiger partial charge in [-0.05, 0) is 84.4 Å². The van der Waals surface area contributed by atoms with Gasteiger partial charge in [-0.3, -0.25) is 0 Å². The van der Waals surface area contributed by atoms with Gasteiger partial charge >= 0.3 is 0 Å². The number of aryl methyl sites for hydroxylation is 1. The second kappa shape index (κ2) is 11.5. The predicted molar refractivity (Wildman–Crippen MR) is 140 cm³/mol. The highest BCUT2D eigenvalue weighted by molar-refractivity contribution is 5.48. The van der Waals surface area contributed by atoms with Crippen molar-refractivity contribution in [3.05, 3.63) is 101 Å². The lowest BCUT2D eigenvalue weighted by Crippen LogP contribution is -2.36. The molecule has 1 aliphatic heterocycles. The highest BCUT2D eigenvalue weighted by atomic mass is 16.5. The monoisotopic (exact) mass is 441 g/mol. The summed E-state index contributed by atoms with van der Waals surface area (Å²) in [5.74, 6) is 1.75. The molecule has 0 bridgehead atoms. The molecule has 33 heavy (non-hydrogen) atoms. The minimum absolute atomic E-state index is 0.855. The largest absolute Gasteiger partial charge is 0.378 e. The van der Waals surface area contributed by atoms with Gasteiger partial charge in [0.15, 0.2) is 0 Å². The lowest BCUT2D eigenvalue weighted by Gasteiger charge is -2.29. The van der Waals surface area contributed by atoms with Crippen LogP contribution in [0.4, 0.5) is 5.69 Å². The Balaban J connectivity index is 0.000000119. The quantitative estimate of drug-likeness (QED) is 0.418. The molecule has 6 rings (SSSR count). The van der Waals surface area contributed by atoms with E-state index in [1.807, 2.05) is 0 Å². The number of hydrogen-bond donors (Lipinski definition) is 0. The molecule has 0 radical (unpaired) electrons. The summed E-state index contributed by atoms with van der Waals surface area (Å²) in [6.45, 7) is 10.5. The molecule has 3 aliphatic rings. The number of morpholine rings is 1. The number of ether oxygens (including phenoxy) is 1. The Morgan fingerprint density at radius 1 is 0.636 bits per heavy atom. The van der Waals surface area contributed by atoms with Crippen LogP contribution in [0, 0.1) is 18.8 Å². The molecule has 1 fully saturated rings. The fraction of sp³-hybridized carbons (Fsp3) is 0.419. The normalized spacial score (nSPS) is 17.4.